The summed E-state index contributed by atoms with van der Waals surface area (Å²) in [5.41, 5.74) is 1.80. The Bertz CT molecular complexity index is 536. The second-order valence-electron chi connectivity index (χ2n) is 4.38. The Morgan fingerprint density at radius 1 is 0.947 bits per heavy atom. The molecule has 1 aromatic heterocycles. The quantitative estimate of drug-likeness (QED) is 0.828. The molecule has 1 aromatic carbocycles. The molecule has 1 aliphatic rings. The predicted molar refractivity (Wildman–Crippen MR) is 70.5 cm³/mol. The Kier molecular flexibility index (Phi) is 3.37. The van der Waals surface area contributed by atoms with E-state index in [2.05, 4.69) is 14.9 Å². The molecule has 0 aliphatic carbocycles. The first-order chi connectivity index (χ1) is 9.33. The third-order valence-electron chi connectivity index (χ3n) is 3.11. The van der Waals surface area contributed by atoms with Gasteiger partial charge in [0.1, 0.15) is 5.82 Å². The fraction of sp³-hybridized carbons (Fsp3) is 0.286. The van der Waals surface area contributed by atoms with Crippen LogP contribution in [-0.4, -0.2) is 36.3 Å². The number of nitrogens with zero attached hydrogens (tertiary/aromatic N) is 3. The average molecular weight is 259 g/mol. The third kappa shape index (κ3) is 2.71. The second kappa shape index (κ2) is 5.32. The van der Waals surface area contributed by atoms with E-state index in [0.29, 0.717) is 19.2 Å². The zero-order chi connectivity index (χ0) is 13.1. The van der Waals surface area contributed by atoms with Crippen molar-refractivity contribution in [3.8, 4) is 11.1 Å². The summed E-state index contributed by atoms with van der Waals surface area (Å²) in [6.45, 7) is 3.05. The van der Waals surface area contributed by atoms with Crippen LogP contribution >= 0.6 is 0 Å². The number of benzene rings is 1. The van der Waals surface area contributed by atoms with Gasteiger partial charge in [0.15, 0.2) is 0 Å². The summed E-state index contributed by atoms with van der Waals surface area (Å²) in [7, 11) is 0. The Balaban J connectivity index is 1.80. The van der Waals surface area contributed by atoms with Gasteiger partial charge in [0.2, 0.25) is 5.95 Å². The largest absolute Gasteiger partial charge is 0.378 e. The van der Waals surface area contributed by atoms with E-state index in [-0.39, 0.29) is 5.82 Å². The number of anilines is 1. The summed E-state index contributed by atoms with van der Waals surface area (Å²) in [6.07, 6.45) is 3.54. The monoisotopic (exact) mass is 259 g/mol. The van der Waals surface area contributed by atoms with Gasteiger partial charge in [-0.3, -0.25) is 0 Å². The maximum Gasteiger partial charge on any atom is 0.225 e. The topological polar surface area (TPSA) is 38.2 Å². The first-order valence-electron chi connectivity index (χ1n) is 6.23. The SMILES string of the molecule is Fc1ccc(-c2cnc(N3CCOCC3)nc2)cc1. The number of rotatable bonds is 2. The number of aromatic nitrogens is 2. The Morgan fingerprint density at radius 3 is 2.21 bits per heavy atom. The fourth-order valence-electron chi connectivity index (χ4n) is 2.04. The summed E-state index contributed by atoms with van der Waals surface area (Å²) in [5.74, 6) is 0.476. The van der Waals surface area contributed by atoms with Gasteiger partial charge in [-0.05, 0) is 17.7 Å². The average Bonchev–Trinajstić information content (AvgIpc) is 2.49. The van der Waals surface area contributed by atoms with Crippen molar-refractivity contribution in [2.75, 3.05) is 31.2 Å². The highest BCUT2D eigenvalue weighted by atomic mass is 19.1. The number of hydrogen-bond donors (Lipinski definition) is 0. The minimum absolute atomic E-state index is 0.241. The Morgan fingerprint density at radius 2 is 1.58 bits per heavy atom. The molecular weight excluding hydrogens is 245 g/mol. The molecule has 5 heteroatoms. The van der Waals surface area contributed by atoms with Crippen molar-refractivity contribution in [3.63, 3.8) is 0 Å². The highest BCUT2D eigenvalue weighted by Gasteiger charge is 2.13. The summed E-state index contributed by atoms with van der Waals surface area (Å²) < 4.78 is 18.2. The van der Waals surface area contributed by atoms with Crippen molar-refractivity contribution < 1.29 is 9.13 Å². The van der Waals surface area contributed by atoms with E-state index in [1.807, 2.05) is 0 Å². The van der Waals surface area contributed by atoms with Crippen LogP contribution in [0.1, 0.15) is 0 Å². The maximum atomic E-state index is 12.9. The van der Waals surface area contributed by atoms with E-state index >= 15 is 0 Å². The zero-order valence-corrected chi connectivity index (χ0v) is 10.4. The molecule has 0 unspecified atom stereocenters. The lowest BCUT2D eigenvalue weighted by Crippen LogP contribution is -2.37. The number of ether oxygens (including phenoxy) is 1. The highest BCUT2D eigenvalue weighted by Crippen LogP contribution is 2.19. The molecule has 0 radical (unpaired) electrons. The molecular formula is C14H14FN3O. The summed E-state index contributed by atoms with van der Waals surface area (Å²) in [5, 5.41) is 0. The summed E-state index contributed by atoms with van der Waals surface area (Å²) in [4.78, 5) is 10.8. The molecule has 3 rings (SSSR count). The van der Waals surface area contributed by atoms with Crippen molar-refractivity contribution >= 4 is 5.95 Å². The van der Waals surface area contributed by atoms with Gasteiger partial charge < -0.3 is 9.64 Å². The lowest BCUT2D eigenvalue weighted by molar-refractivity contribution is 0.122. The van der Waals surface area contributed by atoms with Crippen LogP contribution in [0.4, 0.5) is 10.3 Å². The minimum Gasteiger partial charge on any atom is -0.378 e. The standard InChI is InChI=1S/C14H14FN3O/c15-13-3-1-11(2-4-13)12-9-16-14(17-10-12)18-5-7-19-8-6-18/h1-4,9-10H,5-8H2. The van der Waals surface area contributed by atoms with Gasteiger partial charge >= 0.3 is 0 Å². The van der Waals surface area contributed by atoms with Gasteiger partial charge in [-0.25, -0.2) is 14.4 Å². The van der Waals surface area contributed by atoms with Crippen LogP contribution in [0.3, 0.4) is 0 Å². The van der Waals surface area contributed by atoms with Gasteiger partial charge in [-0.15, -0.1) is 0 Å². The molecule has 1 fully saturated rings. The van der Waals surface area contributed by atoms with Gasteiger partial charge in [0.25, 0.3) is 0 Å². The van der Waals surface area contributed by atoms with Crippen molar-refractivity contribution in [1.29, 1.82) is 0 Å². The molecule has 0 bridgehead atoms. The predicted octanol–water partition coefficient (Wildman–Crippen LogP) is 2.12. The number of hydrogen-bond acceptors (Lipinski definition) is 4. The van der Waals surface area contributed by atoms with E-state index in [4.69, 9.17) is 4.74 Å². The van der Waals surface area contributed by atoms with Crippen LogP contribution in [0.5, 0.6) is 0 Å². The Hall–Kier alpha value is -2.01. The van der Waals surface area contributed by atoms with Crippen molar-refractivity contribution in [2.24, 2.45) is 0 Å². The van der Waals surface area contributed by atoms with E-state index < -0.39 is 0 Å². The number of halogens is 1. The molecule has 0 amide bonds. The highest BCUT2D eigenvalue weighted by molar-refractivity contribution is 5.61. The molecule has 0 N–H and O–H groups in total. The molecule has 98 valence electrons. The van der Waals surface area contributed by atoms with Gasteiger partial charge in [-0.2, -0.15) is 0 Å². The van der Waals surface area contributed by atoms with Crippen molar-refractivity contribution in [1.82, 2.24) is 9.97 Å². The third-order valence-corrected chi connectivity index (χ3v) is 3.11. The van der Waals surface area contributed by atoms with E-state index in [0.717, 1.165) is 24.2 Å². The van der Waals surface area contributed by atoms with Crippen molar-refractivity contribution in [2.45, 2.75) is 0 Å². The molecule has 1 saturated heterocycles. The molecule has 0 spiro atoms. The van der Waals surface area contributed by atoms with Crippen molar-refractivity contribution in [3.05, 3.63) is 42.5 Å². The zero-order valence-electron chi connectivity index (χ0n) is 10.4. The van der Waals surface area contributed by atoms with E-state index in [1.165, 1.54) is 12.1 Å². The van der Waals surface area contributed by atoms with Crippen LogP contribution in [0, 0.1) is 5.82 Å². The molecule has 2 heterocycles. The first-order valence-corrected chi connectivity index (χ1v) is 6.23. The summed E-state index contributed by atoms with van der Waals surface area (Å²) >= 11 is 0. The van der Waals surface area contributed by atoms with Gasteiger partial charge in [0.05, 0.1) is 13.2 Å². The van der Waals surface area contributed by atoms with Gasteiger partial charge in [0, 0.05) is 31.0 Å². The molecule has 0 atom stereocenters. The van der Waals surface area contributed by atoms with Crippen LogP contribution < -0.4 is 4.90 Å². The molecule has 1 aliphatic heterocycles. The molecule has 19 heavy (non-hydrogen) atoms. The number of morpholine rings is 1. The summed E-state index contributed by atoms with van der Waals surface area (Å²) in [6, 6.07) is 6.32. The van der Waals surface area contributed by atoms with Crippen LogP contribution in [0.25, 0.3) is 11.1 Å². The smallest absolute Gasteiger partial charge is 0.225 e. The minimum atomic E-state index is -0.241. The lowest BCUT2D eigenvalue weighted by atomic mass is 10.1. The van der Waals surface area contributed by atoms with E-state index in [9.17, 15) is 4.39 Å². The van der Waals surface area contributed by atoms with Gasteiger partial charge in [-0.1, -0.05) is 12.1 Å². The molecule has 0 saturated carbocycles. The molecule has 2 aromatic rings. The fourth-order valence-corrected chi connectivity index (χ4v) is 2.04. The second-order valence-corrected chi connectivity index (χ2v) is 4.38. The maximum absolute atomic E-state index is 12.9. The normalized spacial score (nSPS) is 15.5. The Labute approximate surface area is 110 Å². The first kappa shape index (κ1) is 12.0. The van der Waals surface area contributed by atoms with Crippen LogP contribution in [-0.2, 0) is 4.74 Å². The van der Waals surface area contributed by atoms with Crippen LogP contribution in [0.15, 0.2) is 36.7 Å². The lowest BCUT2D eigenvalue weighted by Gasteiger charge is -2.26. The molecule has 4 nitrogen and oxygen atoms in total. The van der Waals surface area contributed by atoms with E-state index in [1.54, 1.807) is 24.5 Å². The van der Waals surface area contributed by atoms with Crippen LogP contribution in [0.2, 0.25) is 0 Å².